The highest BCUT2D eigenvalue weighted by Gasteiger charge is 2.21. The van der Waals surface area contributed by atoms with Crippen molar-refractivity contribution >= 4 is 0 Å². The summed E-state index contributed by atoms with van der Waals surface area (Å²) >= 11 is 0. The van der Waals surface area contributed by atoms with E-state index in [1.54, 1.807) is 12.1 Å². The average Bonchev–Trinajstić information content (AvgIpc) is 2.16. The van der Waals surface area contributed by atoms with Gasteiger partial charge in [-0.3, -0.25) is 0 Å². The van der Waals surface area contributed by atoms with Crippen LogP contribution in [0.5, 0.6) is 5.75 Å². The third kappa shape index (κ3) is 4.21. The first-order valence-electron chi connectivity index (χ1n) is 5.56. The van der Waals surface area contributed by atoms with Crippen LogP contribution in [0.1, 0.15) is 26.3 Å². The van der Waals surface area contributed by atoms with Gasteiger partial charge in [-0.05, 0) is 23.1 Å². The van der Waals surface area contributed by atoms with Crippen LogP contribution in [0.3, 0.4) is 0 Å². The molecule has 0 saturated carbocycles. The average molecular weight is 223 g/mol. The highest BCUT2D eigenvalue weighted by molar-refractivity contribution is 5.26. The zero-order chi connectivity index (χ0) is 12.2. The monoisotopic (exact) mass is 223 g/mol. The number of aliphatic hydroxyl groups excluding tert-OH is 1. The van der Waals surface area contributed by atoms with Gasteiger partial charge in [0, 0.05) is 13.1 Å². The molecule has 1 unspecified atom stereocenters. The lowest BCUT2D eigenvalue weighted by Crippen LogP contribution is -2.36. The second-order valence-corrected chi connectivity index (χ2v) is 5.18. The molecule has 0 saturated heterocycles. The first-order valence-corrected chi connectivity index (χ1v) is 5.56. The Morgan fingerprint density at radius 1 is 1.31 bits per heavy atom. The first-order chi connectivity index (χ1) is 7.39. The molecule has 1 aromatic rings. The number of benzene rings is 1. The van der Waals surface area contributed by atoms with E-state index in [2.05, 4.69) is 5.32 Å². The molecule has 16 heavy (non-hydrogen) atoms. The number of hydrogen-bond acceptors (Lipinski definition) is 3. The second kappa shape index (κ2) is 5.32. The molecule has 0 aliphatic heterocycles. The molecule has 0 fully saturated rings. The van der Waals surface area contributed by atoms with Gasteiger partial charge in [0.05, 0.1) is 6.10 Å². The van der Waals surface area contributed by atoms with Gasteiger partial charge < -0.3 is 15.5 Å². The van der Waals surface area contributed by atoms with Crippen LogP contribution in [-0.4, -0.2) is 22.9 Å². The molecular weight excluding hydrogens is 202 g/mol. The second-order valence-electron chi connectivity index (χ2n) is 5.18. The van der Waals surface area contributed by atoms with E-state index in [1.165, 1.54) is 0 Å². The van der Waals surface area contributed by atoms with Gasteiger partial charge in [0.15, 0.2) is 0 Å². The Balaban J connectivity index is 2.36. The Labute approximate surface area is 97.1 Å². The normalized spacial score (nSPS) is 13.8. The van der Waals surface area contributed by atoms with Gasteiger partial charge in [0.25, 0.3) is 0 Å². The van der Waals surface area contributed by atoms with Crippen LogP contribution in [0, 0.1) is 5.41 Å². The van der Waals surface area contributed by atoms with Crippen LogP contribution >= 0.6 is 0 Å². The maximum atomic E-state index is 9.81. The summed E-state index contributed by atoms with van der Waals surface area (Å²) in [6, 6.07) is 7.12. The molecular formula is C13H21NO2. The van der Waals surface area contributed by atoms with Crippen molar-refractivity contribution in [2.24, 2.45) is 5.41 Å². The van der Waals surface area contributed by atoms with Crippen molar-refractivity contribution in [3.8, 4) is 5.75 Å². The van der Waals surface area contributed by atoms with Crippen molar-refractivity contribution < 1.29 is 10.2 Å². The molecule has 0 aliphatic rings. The standard InChI is InChI=1S/C13H21NO2/c1-13(2,3)12(16)9-14-8-10-5-4-6-11(15)7-10/h4-7,12,14-16H,8-9H2,1-3H3. The minimum Gasteiger partial charge on any atom is -0.508 e. The Morgan fingerprint density at radius 2 is 2.00 bits per heavy atom. The van der Waals surface area contributed by atoms with Crippen molar-refractivity contribution in [1.29, 1.82) is 0 Å². The fraction of sp³-hybridized carbons (Fsp3) is 0.538. The summed E-state index contributed by atoms with van der Waals surface area (Å²) in [6.07, 6.45) is -0.371. The van der Waals surface area contributed by atoms with Gasteiger partial charge >= 0.3 is 0 Å². The summed E-state index contributed by atoms with van der Waals surface area (Å²) in [7, 11) is 0. The van der Waals surface area contributed by atoms with Gasteiger partial charge in [-0.1, -0.05) is 32.9 Å². The van der Waals surface area contributed by atoms with Crippen LogP contribution in [0.4, 0.5) is 0 Å². The maximum Gasteiger partial charge on any atom is 0.115 e. The van der Waals surface area contributed by atoms with E-state index in [1.807, 2.05) is 32.9 Å². The smallest absolute Gasteiger partial charge is 0.115 e. The molecule has 0 radical (unpaired) electrons. The summed E-state index contributed by atoms with van der Waals surface area (Å²) in [5.41, 5.74) is 0.910. The van der Waals surface area contributed by atoms with E-state index in [0.29, 0.717) is 13.1 Å². The molecule has 0 bridgehead atoms. The van der Waals surface area contributed by atoms with Crippen LogP contribution < -0.4 is 5.32 Å². The van der Waals surface area contributed by atoms with E-state index in [0.717, 1.165) is 5.56 Å². The molecule has 3 N–H and O–H groups in total. The molecule has 0 spiro atoms. The Hall–Kier alpha value is -1.06. The molecule has 1 aromatic carbocycles. The molecule has 3 nitrogen and oxygen atoms in total. The summed E-state index contributed by atoms with van der Waals surface area (Å²) in [5.74, 6) is 0.274. The topological polar surface area (TPSA) is 52.5 Å². The lowest BCUT2D eigenvalue weighted by atomic mass is 9.89. The van der Waals surface area contributed by atoms with Crippen LogP contribution in [-0.2, 0) is 6.54 Å². The van der Waals surface area contributed by atoms with Gasteiger partial charge in [0.1, 0.15) is 5.75 Å². The maximum absolute atomic E-state index is 9.81. The number of hydrogen-bond donors (Lipinski definition) is 3. The highest BCUT2D eigenvalue weighted by Crippen LogP contribution is 2.18. The molecule has 1 rings (SSSR count). The molecule has 0 aromatic heterocycles. The minimum atomic E-state index is -0.371. The fourth-order valence-electron chi connectivity index (χ4n) is 1.33. The quantitative estimate of drug-likeness (QED) is 0.730. The van der Waals surface area contributed by atoms with E-state index in [4.69, 9.17) is 0 Å². The van der Waals surface area contributed by atoms with Crippen molar-refractivity contribution in [3.63, 3.8) is 0 Å². The molecule has 0 heterocycles. The summed E-state index contributed by atoms with van der Waals surface area (Å²) in [4.78, 5) is 0. The molecule has 1 atom stereocenters. The van der Waals surface area contributed by atoms with Gasteiger partial charge in [-0.25, -0.2) is 0 Å². The lowest BCUT2D eigenvalue weighted by Gasteiger charge is -2.26. The number of phenolic OH excluding ortho intramolecular Hbond substituents is 1. The number of phenols is 1. The summed E-state index contributed by atoms with van der Waals surface area (Å²) in [6.45, 7) is 7.23. The van der Waals surface area contributed by atoms with E-state index >= 15 is 0 Å². The Kier molecular flexibility index (Phi) is 4.33. The lowest BCUT2D eigenvalue weighted by molar-refractivity contribution is 0.0627. The minimum absolute atomic E-state index is 0.105. The zero-order valence-corrected chi connectivity index (χ0v) is 10.2. The zero-order valence-electron chi connectivity index (χ0n) is 10.2. The van der Waals surface area contributed by atoms with Crippen LogP contribution in [0.2, 0.25) is 0 Å². The summed E-state index contributed by atoms with van der Waals surface area (Å²) < 4.78 is 0. The predicted molar refractivity (Wildman–Crippen MR) is 65.3 cm³/mol. The summed E-state index contributed by atoms with van der Waals surface area (Å²) in [5, 5.41) is 22.3. The van der Waals surface area contributed by atoms with E-state index in [9.17, 15) is 10.2 Å². The molecule has 0 aliphatic carbocycles. The van der Waals surface area contributed by atoms with Gasteiger partial charge in [-0.15, -0.1) is 0 Å². The third-order valence-electron chi connectivity index (χ3n) is 2.58. The fourth-order valence-corrected chi connectivity index (χ4v) is 1.33. The Bertz CT molecular complexity index is 331. The Morgan fingerprint density at radius 3 is 2.56 bits per heavy atom. The van der Waals surface area contributed by atoms with E-state index in [-0.39, 0.29) is 17.3 Å². The largest absolute Gasteiger partial charge is 0.508 e. The molecule has 90 valence electrons. The van der Waals surface area contributed by atoms with Crippen LogP contribution in [0.25, 0.3) is 0 Å². The van der Waals surface area contributed by atoms with Crippen molar-refractivity contribution in [1.82, 2.24) is 5.32 Å². The highest BCUT2D eigenvalue weighted by atomic mass is 16.3. The number of nitrogens with one attached hydrogen (secondary N) is 1. The van der Waals surface area contributed by atoms with Crippen molar-refractivity contribution in [3.05, 3.63) is 29.8 Å². The van der Waals surface area contributed by atoms with Gasteiger partial charge in [0.2, 0.25) is 0 Å². The van der Waals surface area contributed by atoms with E-state index < -0.39 is 0 Å². The number of rotatable bonds is 4. The first kappa shape index (κ1) is 13.0. The predicted octanol–water partition coefficient (Wildman–Crippen LogP) is 1.89. The van der Waals surface area contributed by atoms with Crippen LogP contribution in [0.15, 0.2) is 24.3 Å². The van der Waals surface area contributed by atoms with Crippen molar-refractivity contribution in [2.45, 2.75) is 33.4 Å². The van der Waals surface area contributed by atoms with Gasteiger partial charge in [-0.2, -0.15) is 0 Å². The number of aliphatic hydroxyl groups is 1. The third-order valence-corrected chi connectivity index (χ3v) is 2.58. The number of aromatic hydroxyl groups is 1. The molecule has 3 heteroatoms. The SMILES string of the molecule is CC(C)(C)C(O)CNCc1cccc(O)c1. The van der Waals surface area contributed by atoms with Crippen molar-refractivity contribution in [2.75, 3.05) is 6.54 Å². The molecule has 0 amide bonds.